The van der Waals surface area contributed by atoms with Crippen molar-refractivity contribution in [3.63, 3.8) is 0 Å². The number of benzene rings is 1. The van der Waals surface area contributed by atoms with Gasteiger partial charge in [-0.25, -0.2) is 0 Å². The topological polar surface area (TPSA) is 15.3 Å². The summed E-state index contributed by atoms with van der Waals surface area (Å²) in [6, 6.07) is 6.45. The van der Waals surface area contributed by atoms with Crippen LogP contribution in [-0.2, 0) is 6.42 Å². The minimum atomic E-state index is 0.757. The van der Waals surface area contributed by atoms with E-state index in [1.807, 2.05) is 18.2 Å². The van der Waals surface area contributed by atoms with E-state index < -0.39 is 0 Å². The summed E-state index contributed by atoms with van der Waals surface area (Å²) in [5.41, 5.74) is 1.13. The van der Waals surface area contributed by atoms with Gasteiger partial charge in [0.05, 0.1) is 0 Å². The minimum absolute atomic E-state index is 0.757. The normalized spacial score (nSPS) is 15.3. The van der Waals surface area contributed by atoms with Crippen LogP contribution >= 0.6 is 23.2 Å². The van der Waals surface area contributed by atoms with Crippen LogP contribution in [0.15, 0.2) is 18.2 Å². The molecule has 1 fully saturated rings. The van der Waals surface area contributed by atoms with E-state index in [2.05, 4.69) is 17.3 Å². The Labute approximate surface area is 119 Å². The van der Waals surface area contributed by atoms with Gasteiger partial charge in [-0.3, -0.25) is 0 Å². The number of hydrogen-bond acceptors (Lipinski definition) is 2. The maximum absolute atomic E-state index is 6.14. The third-order valence-corrected chi connectivity index (χ3v) is 3.88. The molecule has 100 valence electrons. The molecule has 0 atom stereocenters. The molecule has 0 heterocycles. The second-order valence-corrected chi connectivity index (χ2v) is 5.86. The molecule has 0 spiro atoms. The van der Waals surface area contributed by atoms with Gasteiger partial charge >= 0.3 is 0 Å². The third-order valence-electron chi connectivity index (χ3n) is 3.27. The molecule has 4 heteroatoms. The van der Waals surface area contributed by atoms with Crippen LogP contribution in [0.1, 0.15) is 18.4 Å². The van der Waals surface area contributed by atoms with E-state index in [1.165, 1.54) is 12.8 Å². The van der Waals surface area contributed by atoms with E-state index in [0.717, 1.165) is 47.7 Å². The van der Waals surface area contributed by atoms with E-state index >= 15 is 0 Å². The number of halogens is 2. The zero-order valence-electron chi connectivity index (χ0n) is 10.8. The molecule has 2 nitrogen and oxygen atoms in total. The van der Waals surface area contributed by atoms with E-state index in [9.17, 15) is 0 Å². The third kappa shape index (κ3) is 4.77. The molecule has 0 aromatic heterocycles. The van der Waals surface area contributed by atoms with Crippen molar-refractivity contribution in [2.24, 2.45) is 0 Å². The molecular weight excluding hydrogens is 267 g/mol. The van der Waals surface area contributed by atoms with Crippen molar-refractivity contribution in [3.05, 3.63) is 33.8 Å². The van der Waals surface area contributed by atoms with Crippen LogP contribution in [0.5, 0.6) is 0 Å². The van der Waals surface area contributed by atoms with Crippen LogP contribution in [0.25, 0.3) is 0 Å². The molecule has 2 rings (SSSR count). The van der Waals surface area contributed by atoms with Crippen molar-refractivity contribution in [1.29, 1.82) is 0 Å². The maximum atomic E-state index is 6.14. The number of rotatable bonds is 7. The summed E-state index contributed by atoms with van der Waals surface area (Å²) in [6.07, 6.45) is 3.64. The lowest BCUT2D eigenvalue weighted by molar-refractivity contribution is 0.335. The summed E-state index contributed by atoms with van der Waals surface area (Å²) in [5, 5.41) is 5.08. The van der Waals surface area contributed by atoms with Gasteiger partial charge in [-0.1, -0.05) is 23.2 Å². The number of nitrogens with zero attached hydrogens (tertiary/aromatic N) is 1. The van der Waals surface area contributed by atoms with E-state index in [1.54, 1.807) is 0 Å². The highest BCUT2D eigenvalue weighted by molar-refractivity contribution is 6.33. The Kier molecular flexibility index (Phi) is 5.31. The second kappa shape index (κ2) is 6.76. The molecule has 1 saturated carbocycles. The summed E-state index contributed by atoms with van der Waals surface area (Å²) in [6.45, 7) is 3.16. The van der Waals surface area contributed by atoms with E-state index in [0.29, 0.717) is 0 Å². The first-order valence-electron chi connectivity index (χ1n) is 6.51. The number of nitrogens with one attached hydrogen (secondary N) is 1. The Morgan fingerprint density at radius 2 is 2.06 bits per heavy atom. The zero-order chi connectivity index (χ0) is 13.0. The Hall–Kier alpha value is -0.280. The first-order chi connectivity index (χ1) is 8.65. The molecular formula is C14H20Cl2N2. The fraction of sp³-hybridized carbons (Fsp3) is 0.571. The fourth-order valence-corrected chi connectivity index (χ4v) is 2.31. The molecule has 0 saturated heterocycles. The van der Waals surface area contributed by atoms with Gasteiger partial charge < -0.3 is 10.2 Å². The van der Waals surface area contributed by atoms with Crippen molar-refractivity contribution in [2.45, 2.75) is 25.3 Å². The van der Waals surface area contributed by atoms with Crippen LogP contribution in [0.2, 0.25) is 10.0 Å². The number of likely N-dealkylation sites (N-methyl/N-ethyl adjacent to an activating group) is 1. The van der Waals surface area contributed by atoms with E-state index in [4.69, 9.17) is 23.2 Å². The summed E-state index contributed by atoms with van der Waals surface area (Å²) < 4.78 is 0. The molecule has 0 aliphatic heterocycles. The molecule has 0 bridgehead atoms. The quantitative estimate of drug-likeness (QED) is 0.828. The zero-order valence-corrected chi connectivity index (χ0v) is 12.3. The van der Waals surface area contributed by atoms with E-state index in [-0.39, 0.29) is 0 Å². The second-order valence-electron chi connectivity index (χ2n) is 5.02. The van der Waals surface area contributed by atoms with Crippen LogP contribution in [0.3, 0.4) is 0 Å². The molecule has 18 heavy (non-hydrogen) atoms. The predicted octanol–water partition coefficient (Wildman–Crippen LogP) is 3.22. The van der Waals surface area contributed by atoms with Gasteiger partial charge in [0.1, 0.15) is 0 Å². The molecule has 1 N–H and O–H groups in total. The Bertz CT molecular complexity index is 391. The van der Waals surface area contributed by atoms with Gasteiger partial charge in [-0.15, -0.1) is 0 Å². The van der Waals surface area contributed by atoms with Gasteiger partial charge in [0.2, 0.25) is 0 Å². The SMILES string of the molecule is CN(CCNC1CC1)CCc1cc(Cl)ccc1Cl. The monoisotopic (exact) mass is 286 g/mol. The lowest BCUT2D eigenvalue weighted by atomic mass is 10.1. The van der Waals surface area contributed by atoms with Crippen molar-refractivity contribution in [3.8, 4) is 0 Å². The van der Waals surface area contributed by atoms with Crippen molar-refractivity contribution in [2.75, 3.05) is 26.7 Å². The standard InChI is InChI=1S/C14H20Cl2N2/c1-18(9-7-17-13-3-4-13)8-6-11-10-12(15)2-5-14(11)16/h2,5,10,13,17H,3-4,6-9H2,1H3. The largest absolute Gasteiger partial charge is 0.313 e. The summed E-state index contributed by atoms with van der Waals surface area (Å²) >= 11 is 12.1. The van der Waals surface area contributed by atoms with Crippen molar-refractivity contribution in [1.82, 2.24) is 10.2 Å². The predicted molar refractivity (Wildman–Crippen MR) is 78.7 cm³/mol. The van der Waals surface area contributed by atoms with Crippen LogP contribution in [-0.4, -0.2) is 37.6 Å². The lowest BCUT2D eigenvalue weighted by Crippen LogP contribution is -2.31. The minimum Gasteiger partial charge on any atom is -0.313 e. The average Bonchev–Trinajstić information content (AvgIpc) is 3.14. The van der Waals surface area contributed by atoms with Gasteiger partial charge in [0.15, 0.2) is 0 Å². The maximum Gasteiger partial charge on any atom is 0.0439 e. The summed E-state index contributed by atoms with van der Waals surface area (Å²) in [7, 11) is 2.15. The molecule has 1 aliphatic carbocycles. The first kappa shape index (κ1) is 14.1. The average molecular weight is 287 g/mol. The van der Waals surface area contributed by atoms with Gasteiger partial charge in [0.25, 0.3) is 0 Å². The Morgan fingerprint density at radius 1 is 1.28 bits per heavy atom. The molecule has 0 amide bonds. The first-order valence-corrected chi connectivity index (χ1v) is 7.26. The van der Waals surface area contributed by atoms with Gasteiger partial charge in [-0.05, 0) is 50.1 Å². The van der Waals surface area contributed by atoms with Gasteiger partial charge in [0, 0.05) is 35.7 Å². The molecule has 1 aromatic rings. The Balaban J connectivity index is 1.70. The summed E-state index contributed by atoms with van der Waals surface area (Å²) in [4.78, 5) is 2.33. The fourth-order valence-electron chi connectivity index (χ4n) is 1.91. The highest BCUT2D eigenvalue weighted by Crippen LogP contribution is 2.21. The van der Waals surface area contributed by atoms with Crippen molar-refractivity contribution < 1.29 is 0 Å². The lowest BCUT2D eigenvalue weighted by Gasteiger charge is -2.17. The number of hydrogen-bond donors (Lipinski definition) is 1. The molecule has 1 aliphatic rings. The molecule has 1 aromatic carbocycles. The smallest absolute Gasteiger partial charge is 0.0439 e. The van der Waals surface area contributed by atoms with Crippen LogP contribution in [0, 0.1) is 0 Å². The summed E-state index contributed by atoms with van der Waals surface area (Å²) in [5.74, 6) is 0. The van der Waals surface area contributed by atoms with Crippen LogP contribution < -0.4 is 5.32 Å². The highest BCUT2D eigenvalue weighted by Gasteiger charge is 2.19. The molecule has 0 unspecified atom stereocenters. The van der Waals surface area contributed by atoms with Gasteiger partial charge in [-0.2, -0.15) is 0 Å². The Morgan fingerprint density at radius 3 is 2.78 bits per heavy atom. The molecule has 0 radical (unpaired) electrons. The highest BCUT2D eigenvalue weighted by atomic mass is 35.5. The van der Waals surface area contributed by atoms with Crippen molar-refractivity contribution >= 4 is 23.2 Å². The van der Waals surface area contributed by atoms with Crippen LogP contribution in [0.4, 0.5) is 0 Å².